The minimum Gasteiger partial charge on any atom is -0.481 e. The first-order chi connectivity index (χ1) is 9.42. The summed E-state index contributed by atoms with van der Waals surface area (Å²) in [6.07, 6.45) is 0.199. The number of aldehydes is 1. The maximum atomic E-state index is 10.8. The van der Waals surface area contributed by atoms with Crippen LogP contribution in [-0.4, -0.2) is 24.4 Å². The molecule has 0 aliphatic rings. The van der Waals surface area contributed by atoms with Crippen LogP contribution < -0.4 is 10.1 Å². The number of carbonyl (C=O) groups is 2. The Morgan fingerprint density at radius 3 is 2.60 bits per heavy atom. The number of anilines is 1. The molecule has 110 valence electrons. The maximum absolute atomic E-state index is 10.8. The molecule has 20 heavy (non-hydrogen) atoms. The molecule has 1 aromatic carbocycles. The van der Waals surface area contributed by atoms with Crippen molar-refractivity contribution in [3.05, 3.63) is 23.8 Å². The van der Waals surface area contributed by atoms with E-state index in [1.807, 2.05) is 26.0 Å². The van der Waals surface area contributed by atoms with Gasteiger partial charge in [-0.2, -0.15) is 0 Å². The van der Waals surface area contributed by atoms with Crippen LogP contribution in [0, 0.1) is 0 Å². The Labute approximate surface area is 119 Å². The van der Waals surface area contributed by atoms with E-state index in [2.05, 4.69) is 5.32 Å². The summed E-state index contributed by atoms with van der Waals surface area (Å²) in [7, 11) is 0. The van der Waals surface area contributed by atoms with Gasteiger partial charge in [0.25, 0.3) is 0 Å². The standard InChI is InChI=1S/C15H21NO4/c1-10(2)16-14-6-5-13(9-19-12(4)18)7-15(14)20-11(3)8-17/h5-8,10-11,16H,9H2,1-4H3. The Kier molecular flexibility index (Phi) is 6.03. The van der Waals surface area contributed by atoms with Gasteiger partial charge in [0.05, 0.1) is 5.69 Å². The van der Waals surface area contributed by atoms with Gasteiger partial charge in [0, 0.05) is 13.0 Å². The van der Waals surface area contributed by atoms with Crippen molar-refractivity contribution in [1.82, 2.24) is 0 Å². The summed E-state index contributed by atoms with van der Waals surface area (Å²) in [5, 5.41) is 3.25. The van der Waals surface area contributed by atoms with Crippen molar-refractivity contribution in [2.45, 2.75) is 46.4 Å². The van der Waals surface area contributed by atoms with Crippen molar-refractivity contribution in [3.63, 3.8) is 0 Å². The van der Waals surface area contributed by atoms with E-state index in [4.69, 9.17) is 9.47 Å². The molecule has 0 aliphatic heterocycles. The highest BCUT2D eigenvalue weighted by atomic mass is 16.5. The third kappa shape index (κ3) is 5.30. The second kappa shape index (κ2) is 7.53. The van der Waals surface area contributed by atoms with Crippen molar-refractivity contribution >= 4 is 17.9 Å². The average molecular weight is 279 g/mol. The zero-order chi connectivity index (χ0) is 15.1. The quantitative estimate of drug-likeness (QED) is 0.614. The molecular weight excluding hydrogens is 258 g/mol. The van der Waals surface area contributed by atoms with Gasteiger partial charge in [0.2, 0.25) is 0 Å². The monoisotopic (exact) mass is 279 g/mol. The molecule has 5 heteroatoms. The van der Waals surface area contributed by atoms with E-state index in [9.17, 15) is 9.59 Å². The van der Waals surface area contributed by atoms with Crippen LogP contribution in [0.15, 0.2) is 18.2 Å². The molecule has 0 saturated heterocycles. The van der Waals surface area contributed by atoms with Crippen LogP contribution in [0.1, 0.15) is 33.3 Å². The van der Waals surface area contributed by atoms with Crippen molar-refractivity contribution in [2.75, 3.05) is 5.32 Å². The van der Waals surface area contributed by atoms with Crippen LogP contribution in [0.2, 0.25) is 0 Å². The van der Waals surface area contributed by atoms with Crippen molar-refractivity contribution in [1.29, 1.82) is 0 Å². The molecule has 0 fully saturated rings. The number of benzene rings is 1. The SMILES string of the molecule is CC(=O)OCc1ccc(NC(C)C)c(OC(C)C=O)c1. The highest BCUT2D eigenvalue weighted by Gasteiger charge is 2.10. The first-order valence-corrected chi connectivity index (χ1v) is 6.57. The normalized spacial score (nSPS) is 11.8. The van der Waals surface area contributed by atoms with Crippen LogP contribution >= 0.6 is 0 Å². The van der Waals surface area contributed by atoms with E-state index in [1.165, 1.54) is 6.92 Å². The fraction of sp³-hybridized carbons (Fsp3) is 0.467. The van der Waals surface area contributed by atoms with Gasteiger partial charge in [-0.15, -0.1) is 0 Å². The smallest absolute Gasteiger partial charge is 0.302 e. The molecule has 0 amide bonds. The second-order valence-corrected chi connectivity index (χ2v) is 4.87. The molecule has 0 aromatic heterocycles. The number of rotatable bonds is 7. The molecule has 1 aromatic rings. The number of nitrogens with one attached hydrogen (secondary N) is 1. The first kappa shape index (κ1) is 16.0. The largest absolute Gasteiger partial charge is 0.481 e. The molecule has 5 nitrogen and oxygen atoms in total. The van der Waals surface area contributed by atoms with Gasteiger partial charge >= 0.3 is 5.97 Å². The molecule has 0 spiro atoms. The fourth-order valence-electron chi connectivity index (χ4n) is 1.60. The van der Waals surface area contributed by atoms with E-state index < -0.39 is 6.10 Å². The third-order valence-electron chi connectivity index (χ3n) is 2.44. The van der Waals surface area contributed by atoms with Gasteiger partial charge in [0.15, 0.2) is 12.4 Å². The van der Waals surface area contributed by atoms with Gasteiger partial charge in [-0.05, 0) is 38.5 Å². The number of hydrogen-bond acceptors (Lipinski definition) is 5. The second-order valence-electron chi connectivity index (χ2n) is 4.87. The van der Waals surface area contributed by atoms with Gasteiger partial charge in [-0.25, -0.2) is 0 Å². The van der Waals surface area contributed by atoms with Crippen LogP contribution in [0.25, 0.3) is 0 Å². The number of carbonyl (C=O) groups excluding carboxylic acids is 2. The summed E-state index contributed by atoms with van der Waals surface area (Å²) in [5.74, 6) is 0.237. The first-order valence-electron chi connectivity index (χ1n) is 6.57. The number of ether oxygens (including phenoxy) is 2. The van der Waals surface area contributed by atoms with E-state index in [0.29, 0.717) is 5.75 Å². The van der Waals surface area contributed by atoms with Crippen LogP contribution in [0.4, 0.5) is 5.69 Å². The summed E-state index contributed by atoms with van der Waals surface area (Å²) in [4.78, 5) is 21.6. The van der Waals surface area contributed by atoms with E-state index in [-0.39, 0.29) is 18.6 Å². The Bertz CT molecular complexity index is 471. The molecule has 0 heterocycles. The molecule has 0 bridgehead atoms. The summed E-state index contributed by atoms with van der Waals surface area (Å²) < 4.78 is 10.5. The Hall–Kier alpha value is -2.04. The molecule has 0 saturated carbocycles. The summed E-state index contributed by atoms with van der Waals surface area (Å²) in [6, 6.07) is 5.72. The lowest BCUT2D eigenvalue weighted by atomic mass is 10.2. The van der Waals surface area contributed by atoms with Gasteiger partial charge < -0.3 is 14.8 Å². The van der Waals surface area contributed by atoms with Crippen LogP contribution in [-0.2, 0) is 20.9 Å². The lowest BCUT2D eigenvalue weighted by Crippen LogP contribution is -2.16. The maximum Gasteiger partial charge on any atom is 0.302 e. The average Bonchev–Trinajstić information content (AvgIpc) is 2.38. The van der Waals surface area contributed by atoms with Crippen molar-refractivity contribution in [2.24, 2.45) is 0 Å². The molecule has 0 aliphatic carbocycles. The third-order valence-corrected chi connectivity index (χ3v) is 2.44. The predicted molar refractivity (Wildman–Crippen MR) is 76.8 cm³/mol. The van der Waals surface area contributed by atoms with Gasteiger partial charge in [-0.3, -0.25) is 9.59 Å². The predicted octanol–water partition coefficient (Wildman–Crippen LogP) is 2.54. The highest BCUT2D eigenvalue weighted by molar-refractivity contribution is 5.66. The number of hydrogen-bond donors (Lipinski definition) is 1. The molecule has 1 rings (SSSR count). The lowest BCUT2D eigenvalue weighted by Gasteiger charge is -2.18. The Morgan fingerprint density at radius 1 is 1.35 bits per heavy atom. The topological polar surface area (TPSA) is 64.6 Å². The highest BCUT2D eigenvalue weighted by Crippen LogP contribution is 2.27. The van der Waals surface area contributed by atoms with Crippen LogP contribution in [0.5, 0.6) is 5.75 Å². The summed E-state index contributed by atoms with van der Waals surface area (Å²) in [6.45, 7) is 7.24. The van der Waals surface area contributed by atoms with Gasteiger partial charge in [-0.1, -0.05) is 6.07 Å². The molecule has 1 atom stereocenters. The fourth-order valence-corrected chi connectivity index (χ4v) is 1.60. The molecular formula is C15H21NO4. The zero-order valence-electron chi connectivity index (χ0n) is 12.3. The van der Waals surface area contributed by atoms with Crippen molar-refractivity contribution in [3.8, 4) is 5.75 Å². The zero-order valence-corrected chi connectivity index (χ0v) is 12.3. The minimum atomic E-state index is -0.535. The van der Waals surface area contributed by atoms with E-state index in [1.54, 1.807) is 13.0 Å². The number of esters is 1. The Balaban J connectivity index is 2.94. The molecule has 0 radical (unpaired) electrons. The van der Waals surface area contributed by atoms with Gasteiger partial charge in [0.1, 0.15) is 12.4 Å². The van der Waals surface area contributed by atoms with Crippen molar-refractivity contribution < 1.29 is 19.1 Å². The summed E-state index contributed by atoms with van der Waals surface area (Å²) >= 11 is 0. The molecule has 1 unspecified atom stereocenters. The van der Waals surface area contributed by atoms with E-state index >= 15 is 0 Å². The summed E-state index contributed by atoms with van der Waals surface area (Å²) in [5.41, 5.74) is 1.61. The lowest BCUT2D eigenvalue weighted by molar-refractivity contribution is -0.142. The molecule has 1 N–H and O–H groups in total. The Morgan fingerprint density at radius 2 is 2.05 bits per heavy atom. The van der Waals surface area contributed by atoms with Crippen LogP contribution in [0.3, 0.4) is 0 Å². The minimum absolute atomic E-state index is 0.184. The van der Waals surface area contributed by atoms with E-state index in [0.717, 1.165) is 17.5 Å².